The summed E-state index contributed by atoms with van der Waals surface area (Å²) in [5.74, 6) is 5.07. The summed E-state index contributed by atoms with van der Waals surface area (Å²) in [4.78, 5) is 0. The molecular formula is C27H50O. The summed E-state index contributed by atoms with van der Waals surface area (Å²) in [6, 6.07) is 0. The molecule has 28 heavy (non-hydrogen) atoms. The van der Waals surface area contributed by atoms with Crippen molar-refractivity contribution < 1.29 is 4.74 Å². The predicted molar refractivity (Wildman–Crippen MR) is 121 cm³/mol. The normalized spacial score (nSPS) is 49.0. The van der Waals surface area contributed by atoms with Crippen LogP contribution < -0.4 is 0 Å². The molecule has 2 saturated carbocycles. The maximum absolute atomic E-state index is 6.79. The van der Waals surface area contributed by atoms with E-state index in [4.69, 9.17) is 4.74 Å². The Morgan fingerprint density at radius 2 is 1.75 bits per heavy atom. The topological polar surface area (TPSA) is 9.23 Å². The highest BCUT2D eigenvalue weighted by molar-refractivity contribution is 5.08. The van der Waals surface area contributed by atoms with Gasteiger partial charge < -0.3 is 4.74 Å². The van der Waals surface area contributed by atoms with E-state index in [2.05, 4.69) is 55.4 Å². The maximum atomic E-state index is 6.79. The summed E-state index contributed by atoms with van der Waals surface area (Å²) >= 11 is 0. The van der Waals surface area contributed by atoms with Crippen molar-refractivity contribution in [2.24, 2.45) is 46.3 Å². The van der Waals surface area contributed by atoms with Gasteiger partial charge in [0.2, 0.25) is 0 Å². The summed E-state index contributed by atoms with van der Waals surface area (Å²) in [5.41, 5.74) is 1.05. The smallest absolute Gasteiger partial charge is 0.0618 e. The van der Waals surface area contributed by atoms with Gasteiger partial charge in [0, 0.05) is 0 Å². The van der Waals surface area contributed by atoms with Gasteiger partial charge in [0.1, 0.15) is 0 Å². The molecule has 2 unspecified atom stereocenters. The standard InChI is InChI=1S/C27H50O/c1-9-21-14-13-20(17-26(21,7)10-2)22-16-24-25(27(22,8)11-3)19(6)23(28-24)15-12-18(4)5/h18-25H,9-17H2,1-8H3/t19-,20-,21+,22?,23?,24+,25+,26-,27+/m1/s1. The zero-order chi connectivity index (χ0) is 20.7. The van der Waals surface area contributed by atoms with Crippen molar-refractivity contribution in [3.05, 3.63) is 0 Å². The first-order valence-corrected chi connectivity index (χ1v) is 12.9. The molecule has 3 fully saturated rings. The van der Waals surface area contributed by atoms with Crippen molar-refractivity contribution in [1.82, 2.24) is 0 Å². The van der Waals surface area contributed by atoms with Gasteiger partial charge in [0.15, 0.2) is 0 Å². The number of hydrogen-bond acceptors (Lipinski definition) is 1. The van der Waals surface area contributed by atoms with Gasteiger partial charge in [-0.15, -0.1) is 0 Å². The van der Waals surface area contributed by atoms with E-state index in [1.807, 2.05) is 0 Å². The largest absolute Gasteiger partial charge is 0.374 e. The van der Waals surface area contributed by atoms with E-state index in [1.165, 1.54) is 57.8 Å². The Morgan fingerprint density at radius 3 is 2.32 bits per heavy atom. The molecule has 1 heterocycles. The van der Waals surface area contributed by atoms with Crippen molar-refractivity contribution in [3.63, 3.8) is 0 Å². The van der Waals surface area contributed by atoms with Crippen LogP contribution in [0, 0.1) is 46.3 Å². The molecule has 0 N–H and O–H groups in total. The molecule has 1 saturated heterocycles. The molecule has 3 aliphatic rings. The second kappa shape index (κ2) is 8.60. The summed E-state index contributed by atoms with van der Waals surface area (Å²) < 4.78 is 6.79. The summed E-state index contributed by atoms with van der Waals surface area (Å²) in [5, 5.41) is 0. The van der Waals surface area contributed by atoms with Crippen LogP contribution in [0.5, 0.6) is 0 Å². The first kappa shape index (κ1) is 22.6. The van der Waals surface area contributed by atoms with Crippen LogP contribution in [0.2, 0.25) is 0 Å². The number of ether oxygens (including phenoxy) is 1. The molecule has 9 atom stereocenters. The first-order chi connectivity index (χ1) is 13.2. The molecule has 2 aliphatic carbocycles. The zero-order valence-electron chi connectivity index (χ0n) is 20.4. The summed E-state index contributed by atoms with van der Waals surface area (Å²) in [7, 11) is 0. The van der Waals surface area contributed by atoms with Crippen LogP contribution in [0.3, 0.4) is 0 Å². The number of fused-ring (bicyclic) bond motifs is 1. The third-order valence-corrected chi connectivity index (χ3v) is 10.3. The van der Waals surface area contributed by atoms with Crippen LogP contribution in [0.15, 0.2) is 0 Å². The Hall–Kier alpha value is -0.0400. The quantitative estimate of drug-likeness (QED) is 0.426. The molecule has 1 nitrogen and oxygen atoms in total. The van der Waals surface area contributed by atoms with Crippen molar-refractivity contribution in [1.29, 1.82) is 0 Å². The minimum absolute atomic E-state index is 0.481. The van der Waals surface area contributed by atoms with Crippen LogP contribution in [-0.2, 0) is 4.74 Å². The summed E-state index contributed by atoms with van der Waals surface area (Å²) in [6.45, 7) is 19.8. The minimum Gasteiger partial charge on any atom is -0.374 e. The lowest BCUT2D eigenvalue weighted by atomic mass is 9.55. The van der Waals surface area contributed by atoms with Gasteiger partial charge in [-0.1, -0.05) is 74.7 Å². The highest BCUT2D eigenvalue weighted by Crippen LogP contribution is 2.63. The highest BCUT2D eigenvalue weighted by atomic mass is 16.5. The maximum Gasteiger partial charge on any atom is 0.0618 e. The Balaban J connectivity index is 1.75. The van der Waals surface area contributed by atoms with Crippen molar-refractivity contribution >= 4 is 0 Å². The van der Waals surface area contributed by atoms with Crippen LogP contribution in [0.25, 0.3) is 0 Å². The van der Waals surface area contributed by atoms with Crippen molar-refractivity contribution in [2.75, 3.05) is 0 Å². The molecule has 0 spiro atoms. The minimum atomic E-state index is 0.481. The second-order valence-electron chi connectivity index (χ2n) is 11.9. The van der Waals surface area contributed by atoms with Gasteiger partial charge in [-0.05, 0) is 84.9 Å². The molecule has 0 aromatic heterocycles. The van der Waals surface area contributed by atoms with Gasteiger partial charge in [-0.3, -0.25) is 0 Å². The average Bonchev–Trinajstić information content (AvgIpc) is 3.14. The second-order valence-corrected chi connectivity index (χ2v) is 11.9. The molecule has 0 aromatic rings. The van der Waals surface area contributed by atoms with E-state index in [-0.39, 0.29) is 0 Å². The van der Waals surface area contributed by atoms with Crippen molar-refractivity contribution in [2.45, 2.75) is 125 Å². The summed E-state index contributed by atoms with van der Waals surface area (Å²) in [6.07, 6.45) is 13.4. The Morgan fingerprint density at radius 1 is 1.04 bits per heavy atom. The molecule has 0 amide bonds. The molecular weight excluding hydrogens is 340 g/mol. The van der Waals surface area contributed by atoms with E-state index < -0.39 is 0 Å². The van der Waals surface area contributed by atoms with E-state index in [0.717, 1.165) is 35.5 Å². The van der Waals surface area contributed by atoms with E-state index in [0.29, 0.717) is 23.0 Å². The Kier molecular flexibility index (Phi) is 6.96. The lowest BCUT2D eigenvalue weighted by Gasteiger charge is -2.50. The van der Waals surface area contributed by atoms with Gasteiger partial charge in [-0.2, -0.15) is 0 Å². The van der Waals surface area contributed by atoms with Gasteiger partial charge in [-0.25, -0.2) is 0 Å². The first-order valence-electron chi connectivity index (χ1n) is 12.9. The van der Waals surface area contributed by atoms with E-state index in [9.17, 15) is 0 Å². The van der Waals surface area contributed by atoms with E-state index in [1.54, 1.807) is 0 Å². The lowest BCUT2D eigenvalue weighted by molar-refractivity contribution is -0.0118. The predicted octanol–water partition coefficient (Wildman–Crippen LogP) is 8.12. The zero-order valence-corrected chi connectivity index (χ0v) is 20.4. The molecule has 0 aromatic carbocycles. The molecule has 0 radical (unpaired) electrons. The van der Waals surface area contributed by atoms with Gasteiger partial charge >= 0.3 is 0 Å². The molecule has 1 heteroatoms. The Bertz CT molecular complexity index is 512. The average molecular weight is 391 g/mol. The van der Waals surface area contributed by atoms with E-state index >= 15 is 0 Å². The SMILES string of the molecule is CC[C@H]1CC[C@@H](C2C[C@@H]3OC(CCC(C)C)[C@@H](C)[C@@H]3[C@@]2(C)CC)C[C@@]1(C)CC. The van der Waals surface area contributed by atoms with Crippen LogP contribution in [-0.4, -0.2) is 12.2 Å². The highest BCUT2D eigenvalue weighted by Gasteiger charge is 2.60. The monoisotopic (exact) mass is 390 g/mol. The fraction of sp³-hybridized carbons (Fsp3) is 1.00. The number of hydrogen-bond donors (Lipinski definition) is 0. The molecule has 1 aliphatic heterocycles. The molecule has 164 valence electrons. The third kappa shape index (κ3) is 3.83. The Labute approximate surface area is 176 Å². The van der Waals surface area contributed by atoms with Gasteiger partial charge in [0.05, 0.1) is 12.2 Å². The fourth-order valence-corrected chi connectivity index (χ4v) is 8.16. The fourth-order valence-electron chi connectivity index (χ4n) is 8.16. The lowest BCUT2D eigenvalue weighted by Crippen LogP contribution is -2.42. The molecule has 0 bridgehead atoms. The van der Waals surface area contributed by atoms with Crippen LogP contribution >= 0.6 is 0 Å². The third-order valence-electron chi connectivity index (χ3n) is 10.3. The number of rotatable bonds is 7. The van der Waals surface area contributed by atoms with Crippen molar-refractivity contribution in [3.8, 4) is 0 Å². The molecule has 3 rings (SSSR count). The van der Waals surface area contributed by atoms with Crippen LogP contribution in [0.4, 0.5) is 0 Å². The van der Waals surface area contributed by atoms with Crippen LogP contribution in [0.1, 0.15) is 113 Å². The van der Waals surface area contributed by atoms with Gasteiger partial charge in [0.25, 0.3) is 0 Å².